The van der Waals surface area contributed by atoms with Gasteiger partial charge in [0, 0.05) is 25.4 Å². The summed E-state index contributed by atoms with van der Waals surface area (Å²) in [5.41, 5.74) is 1.45. The molecule has 2 aromatic rings. The maximum atomic E-state index is 12.7. The van der Waals surface area contributed by atoms with Gasteiger partial charge < -0.3 is 16.0 Å². The van der Waals surface area contributed by atoms with E-state index in [1.807, 2.05) is 30.3 Å². The molecule has 1 fully saturated rings. The third-order valence-electron chi connectivity index (χ3n) is 4.84. The highest BCUT2D eigenvalue weighted by Crippen LogP contribution is 2.11. The summed E-state index contributed by atoms with van der Waals surface area (Å²) in [4.78, 5) is 29.2. The van der Waals surface area contributed by atoms with Crippen molar-refractivity contribution in [3.8, 4) is 0 Å². The fourth-order valence-electron chi connectivity index (χ4n) is 3.28. The van der Waals surface area contributed by atoms with Crippen LogP contribution in [0.1, 0.15) is 28.8 Å². The Hall–Kier alpha value is -2.15. The Morgan fingerprint density at radius 1 is 1.14 bits per heavy atom. The number of rotatable bonds is 8. The normalized spacial score (nSPS) is 16.1. The van der Waals surface area contributed by atoms with Crippen molar-refractivity contribution in [2.45, 2.75) is 25.3 Å². The van der Waals surface area contributed by atoms with Crippen molar-refractivity contribution in [1.82, 2.24) is 20.9 Å². The first kappa shape index (κ1) is 24.9. The SMILES string of the molecule is Cl.Cl.O=C(NC(Cc1ccccc1)C(=O)NCCC1CCNC1)c1cccnc1. The van der Waals surface area contributed by atoms with Gasteiger partial charge in [0.2, 0.25) is 5.91 Å². The van der Waals surface area contributed by atoms with Gasteiger partial charge in [-0.3, -0.25) is 14.6 Å². The predicted octanol–water partition coefficient (Wildman–Crippen LogP) is 2.38. The Kier molecular flexibility index (Phi) is 11.3. The lowest BCUT2D eigenvalue weighted by Crippen LogP contribution is -2.48. The average molecular weight is 439 g/mol. The Bertz CT molecular complexity index is 741. The van der Waals surface area contributed by atoms with Crippen molar-refractivity contribution in [2.75, 3.05) is 19.6 Å². The van der Waals surface area contributed by atoms with Gasteiger partial charge in [-0.05, 0) is 49.5 Å². The van der Waals surface area contributed by atoms with Crippen LogP contribution in [-0.4, -0.2) is 42.5 Å². The standard InChI is InChI=1S/C21H26N4O2.2ClH/c26-20(18-7-4-10-22-15-18)25-19(13-16-5-2-1-3-6-16)21(27)24-12-9-17-8-11-23-14-17;;/h1-7,10,15,17,19,23H,8-9,11-14H2,(H,24,27)(H,25,26);2*1H. The second-order valence-electron chi connectivity index (χ2n) is 6.90. The molecule has 1 aliphatic heterocycles. The van der Waals surface area contributed by atoms with E-state index in [4.69, 9.17) is 0 Å². The molecule has 2 amide bonds. The van der Waals surface area contributed by atoms with Crippen LogP contribution >= 0.6 is 24.8 Å². The van der Waals surface area contributed by atoms with Crippen LogP contribution in [0.2, 0.25) is 0 Å². The summed E-state index contributed by atoms with van der Waals surface area (Å²) in [6, 6.07) is 12.5. The molecule has 0 radical (unpaired) electrons. The van der Waals surface area contributed by atoms with E-state index in [0.717, 1.165) is 31.5 Å². The Labute approximate surface area is 184 Å². The molecule has 1 aromatic heterocycles. The van der Waals surface area contributed by atoms with Crippen molar-refractivity contribution in [3.05, 3.63) is 66.0 Å². The minimum Gasteiger partial charge on any atom is -0.354 e. The lowest BCUT2D eigenvalue weighted by molar-refractivity contribution is -0.123. The van der Waals surface area contributed by atoms with Crippen molar-refractivity contribution < 1.29 is 9.59 Å². The highest BCUT2D eigenvalue weighted by molar-refractivity contribution is 5.97. The summed E-state index contributed by atoms with van der Waals surface area (Å²) in [5, 5.41) is 9.18. The summed E-state index contributed by atoms with van der Waals surface area (Å²) in [7, 11) is 0. The molecule has 2 heterocycles. The van der Waals surface area contributed by atoms with Crippen LogP contribution in [0.4, 0.5) is 0 Å². The van der Waals surface area contributed by atoms with E-state index < -0.39 is 6.04 Å². The monoisotopic (exact) mass is 438 g/mol. The molecule has 8 heteroatoms. The number of amides is 2. The third kappa shape index (κ3) is 8.01. The molecule has 158 valence electrons. The van der Waals surface area contributed by atoms with Crippen LogP contribution < -0.4 is 16.0 Å². The van der Waals surface area contributed by atoms with Crippen molar-refractivity contribution in [2.24, 2.45) is 5.92 Å². The molecule has 0 bridgehead atoms. The highest BCUT2D eigenvalue weighted by Gasteiger charge is 2.22. The van der Waals surface area contributed by atoms with Gasteiger partial charge in [-0.1, -0.05) is 30.3 Å². The molecule has 0 aliphatic carbocycles. The molecule has 1 aliphatic rings. The quantitative estimate of drug-likeness (QED) is 0.590. The maximum Gasteiger partial charge on any atom is 0.253 e. The number of aromatic nitrogens is 1. The zero-order valence-electron chi connectivity index (χ0n) is 16.2. The zero-order chi connectivity index (χ0) is 18.9. The number of carbonyl (C=O) groups is 2. The predicted molar refractivity (Wildman–Crippen MR) is 119 cm³/mol. The zero-order valence-corrected chi connectivity index (χ0v) is 17.8. The number of carbonyl (C=O) groups excluding carboxylic acids is 2. The fraction of sp³-hybridized carbons (Fsp3) is 0.381. The van der Waals surface area contributed by atoms with Crippen LogP contribution in [0.15, 0.2) is 54.9 Å². The van der Waals surface area contributed by atoms with Crippen LogP contribution in [-0.2, 0) is 11.2 Å². The Balaban J connectivity index is 0.00000210. The molecule has 6 nitrogen and oxygen atoms in total. The first-order valence-corrected chi connectivity index (χ1v) is 9.45. The van der Waals surface area contributed by atoms with E-state index in [2.05, 4.69) is 20.9 Å². The van der Waals surface area contributed by atoms with Crippen LogP contribution in [0.5, 0.6) is 0 Å². The van der Waals surface area contributed by atoms with Crippen LogP contribution in [0.25, 0.3) is 0 Å². The van der Waals surface area contributed by atoms with E-state index in [-0.39, 0.29) is 36.6 Å². The van der Waals surface area contributed by atoms with Gasteiger partial charge in [-0.25, -0.2) is 0 Å². The molecular weight excluding hydrogens is 411 g/mol. The molecule has 3 rings (SSSR count). The molecular formula is C21H28Cl2N4O2. The number of nitrogens with zero attached hydrogens (tertiary/aromatic N) is 1. The molecule has 29 heavy (non-hydrogen) atoms. The highest BCUT2D eigenvalue weighted by atomic mass is 35.5. The van der Waals surface area contributed by atoms with Crippen molar-refractivity contribution >= 4 is 36.6 Å². The van der Waals surface area contributed by atoms with E-state index in [1.54, 1.807) is 18.3 Å². The fourth-order valence-corrected chi connectivity index (χ4v) is 3.28. The van der Waals surface area contributed by atoms with Gasteiger partial charge >= 0.3 is 0 Å². The van der Waals surface area contributed by atoms with Crippen LogP contribution in [0, 0.1) is 5.92 Å². The minimum absolute atomic E-state index is 0. The van der Waals surface area contributed by atoms with Crippen molar-refractivity contribution in [3.63, 3.8) is 0 Å². The first-order chi connectivity index (χ1) is 13.2. The van der Waals surface area contributed by atoms with E-state index in [0.29, 0.717) is 24.4 Å². The van der Waals surface area contributed by atoms with Gasteiger partial charge in [0.05, 0.1) is 5.56 Å². The van der Waals surface area contributed by atoms with Gasteiger partial charge in [0.25, 0.3) is 5.91 Å². The molecule has 2 atom stereocenters. The molecule has 0 saturated carbocycles. The van der Waals surface area contributed by atoms with Crippen molar-refractivity contribution in [1.29, 1.82) is 0 Å². The number of hydrogen-bond donors (Lipinski definition) is 3. The summed E-state index contributed by atoms with van der Waals surface area (Å²) in [6.45, 7) is 2.69. The number of nitrogens with one attached hydrogen (secondary N) is 3. The van der Waals surface area contributed by atoms with E-state index >= 15 is 0 Å². The summed E-state index contributed by atoms with van der Waals surface area (Å²) < 4.78 is 0. The molecule has 0 spiro atoms. The van der Waals surface area contributed by atoms with E-state index in [1.165, 1.54) is 6.20 Å². The summed E-state index contributed by atoms with van der Waals surface area (Å²) in [5.74, 6) is 0.170. The smallest absolute Gasteiger partial charge is 0.253 e. The summed E-state index contributed by atoms with van der Waals surface area (Å²) in [6.07, 6.45) is 5.67. The molecule has 1 aromatic carbocycles. The van der Waals surface area contributed by atoms with Gasteiger partial charge in [-0.15, -0.1) is 24.8 Å². The second-order valence-corrected chi connectivity index (χ2v) is 6.90. The Morgan fingerprint density at radius 2 is 1.93 bits per heavy atom. The molecule has 2 unspecified atom stereocenters. The molecule has 3 N–H and O–H groups in total. The van der Waals surface area contributed by atoms with Gasteiger partial charge in [0.15, 0.2) is 0 Å². The second kappa shape index (κ2) is 13.1. The van der Waals surface area contributed by atoms with E-state index in [9.17, 15) is 9.59 Å². The average Bonchev–Trinajstić information content (AvgIpc) is 3.22. The molecule has 1 saturated heterocycles. The first-order valence-electron chi connectivity index (χ1n) is 9.45. The lowest BCUT2D eigenvalue weighted by atomic mass is 10.0. The minimum atomic E-state index is -0.623. The topological polar surface area (TPSA) is 83.1 Å². The summed E-state index contributed by atoms with van der Waals surface area (Å²) >= 11 is 0. The Morgan fingerprint density at radius 3 is 2.59 bits per heavy atom. The maximum absolute atomic E-state index is 12.7. The van der Waals surface area contributed by atoms with Crippen LogP contribution in [0.3, 0.4) is 0 Å². The lowest BCUT2D eigenvalue weighted by Gasteiger charge is -2.19. The number of hydrogen-bond acceptors (Lipinski definition) is 4. The number of benzene rings is 1. The van der Waals surface area contributed by atoms with Gasteiger partial charge in [-0.2, -0.15) is 0 Å². The number of pyridine rings is 1. The number of halogens is 2. The third-order valence-corrected chi connectivity index (χ3v) is 4.84. The van der Waals surface area contributed by atoms with Gasteiger partial charge in [0.1, 0.15) is 6.04 Å². The largest absolute Gasteiger partial charge is 0.354 e.